The van der Waals surface area contributed by atoms with Crippen molar-refractivity contribution in [2.45, 2.75) is 0 Å². The minimum atomic E-state index is 0.0561. The molecule has 5 heteroatoms. The van der Waals surface area contributed by atoms with Crippen LogP contribution in [-0.2, 0) is 0 Å². The van der Waals surface area contributed by atoms with Gasteiger partial charge in [0.2, 0.25) is 5.71 Å². The molecule has 2 aromatic heterocycles. The van der Waals surface area contributed by atoms with Gasteiger partial charge in [-0.1, -0.05) is 11.6 Å². The van der Waals surface area contributed by atoms with Crippen LogP contribution in [0.5, 0.6) is 0 Å². The van der Waals surface area contributed by atoms with Crippen molar-refractivity contribution < 1.29 is 4.42 Å². The van der Waals surface area contributed by atoms with Gasteiger partial charge in [-0.15, -0.1) is 0 Å². The highest BCUT2D eigenvalue weighted by molar-refractivity contribution is 6.35. The molecule has 56 valence electrons. The summed E-state index contributed by atoms with van der Waals surface area (Å²) in [6, 6.07) is 1.63. The number of rotatable bonds is 0. The molecule has 0 saturated carbocycles. The minimum absolute atomic E-state index is 0.0561. The molecule has 0 bridgehead atoms. The Hall–Kier alpha value is -0.800. The number of halogens is 2. The lowest BCUT2D eigenvalue weighted by Crippen LogP contribution is -1.73. The molecule has 0 atom stereocenters. The summed E-state index contributed by atoms with van der Waals surface area (Å²) in [5.74, 6) is 0. The molecule has 0 unspecified atom stereocenters. The molecular formula is C6H2Cl2N2O. The third kappa shape index (κ3) is 1.06. The zero-order valence-electron chi connectivity index (χ0n) is 5.21. The fraction of sp³-hybridized carbons (Fsp3) is 0. The third-order valence-electron chi connectivity index (χ3n) is 1.22. The van der Waals surface area contributed by atoms with Gasteiger partial charge in [-0.05, 0) is 17.7 Å². The SMILES string of the molecule is Clc1nc2c(Cl)ccnc2o1. The lowest BCUT2D eigenvalue weighted by Gasteiger charge is -1.85. The van der Waals surface area contributed by atoms with Crippen LogP contribution in [0.2, 0.25) is 10.4 Å². The molecule has 0 aliphatic rings. The van der Waals surface area contributed by atoms with Crippen molar-refractivity contribution >= 4 is 34.4 Å². The van der Waals surface area contributed by atoms with Gasteiger partial charge in [-0.25, -0.2) is 4.98 Å². The molecule has 3 nitrogen and oxygen atoms in total. The van der Waals surface area contributed by atoms with E-state index in [1.807, 2.05) is 0 Å². The molecule has 0 radical (unpaired) electrons. The Balaban J connectivity index is 2.90. The Labute approximate surface area is 72.0 Å². The first-order valence-electron chi connectivity index (χ1n) is 2.84. The summed E-state index contributed by atoms with van der Waals surface area (Å²) >= 11 is 11.2. The predicted octanol–water partition coefficient (Wildman–Crippen LogP) is 2.53. The number of pyridine rings is 1. The predicted molar refractivity (Wildman–Crippen MR) is 41.8 cm³/mol. The average molecular weight is 189 g/mol. The first-order valence-corrected chi connectivity index (χ1v) is 3.59. The summed E-state index contributed by atoms with van der Waals surface area (Å²) in [7, 11) is 0. The fourth-order valence-electron chi connectivity index (χ4n) is 0.779. The van der Waals surface area contributed by atoms with E-state index in [1.54, 1.807) is 6.07 Å². The summed E-state index contributed by atoms with van der Waals surface area (Å²) in [5.41, 5.74) is 0.863. The summed E-state index contributed by atoms with van der Waals surface area (Å²) in [6.45, 7) is 0. The second kappa shape index (κ2) is 2.36. The molecule has 0 aliphatic carbocycles. The first-order chi connectivity index (χ1) is 5.27. The number of aromatic nitrogens is 2. The lowest BCUT2D eigenvalue weighted by atomic mass is 10.4. The molecule has 0 N–H and O–H groups in total. The van der Waals surface area contributed by atoms with Crippen LogP contribution in [0.1, 0.15) is 0 Å². The number of hydrogen-bond acceptors (Lipinski definition) is 3. The molecule has 11 heavy (non-hydrogen) atoms. The summed E-state index contributed by atoms with van der Waals surface area (Å²) in [4.78, 5) is 7.68. The number of nitrogens with zero attached hydrogens (tertiary/aromatic N) is 2. The highest BCUT2D eigenvalue weighted by Crippen LogP contribution is 2.22. The zero-order valence-corrected chi connectivity index (χ0v) is 6.73. The van der Waals surface area contributed by atoms with Crippen molar-refractivity contribution in [2.24, 2.45) is 0 Å². The summed E-state index contributed by atoms with van der Waals surface area (Å²) < 4.78 is 4.91. The van der Waals surface area contributed by atoms with E-state index in [1.165, 1.54) is 6.20 Å². The van der Waals surface area contributed by atoms with Crippen LogP contribution in [0, 0.1) is 0 Å². The van der Waals surface area contributed by atoms with Gasteiger partial charge in [-0.2, -0.15) is 4.98 Å². The lowest BCUT2D eigenvalue weighted by molar-refractivity contribution is 0.593. The van der Waals surface area contributed by atoms with Crippen molar-refractivity contribution in [3.8, 4) is 0 Å². The van der Waals surface area contributed by atoms with Crippen molar-refractivity contribution in [1.29, 1.82) is 0 Å². The van der Waals surface area contributed by atoms with Crippen molar-refractivity contribution in [3.63, 3.8) is 0 Å². The molecule has 0 saturated heterocycles. The maximum Gasteiger partial charge on any atom is 0.294 e. The monoisotopic (exact) mass is 188 g/mol. The smallest absolute Gasteiger partial charge is 0.294 e. The topological polar surface area (TPSA) is 38.9 Å². The van der Waals surface area contributed by atoms with E-state index in [2.05, 4.69) is 9.97 Å². The van der Waals surface area contributed by atoms with Crippen molar-refractivity contribution in [3.05, 3.63) is 22.6 Å². The molecular weight excluding hydrogens is 187 g/mol. The van der Waals surface area contributed by atoms with Gasteiger partial charge in [0.05, 0.1) is 5.02 Å². The van der Waals surface area contributed by atoms with Gasteiger partial charge in [0, 0.05) is 6.20 Å². The molecule has 0 aliphatic heterocycles. The van der Waals surface area contributed by atoms with E-state index in [0.29, 0.717) is 16.3 Å². The first kappa shape index (κ1) is 6.88. The Kier molecular flexibility index (Phi) is 1.47. The quantitative estimate of drug-likeness (QED) is 0.638. The van der Waals surface area contributed by atoms with Gasteiger partial charge < -0.3 is 4.42 Å². The second-order valence-electron chi connectivity index (χ2n) is 1.91. The highest BCUT2D eigenvalue weighted by atomic mass is 35.5. The van der Waals surface area contributed by atoms with Crippen LogP contribution in [0.4, 0.5) is 0 Å². The largest absolute Gasteiger partial charge is 0.408 e. The Morgan fingerprint density at radius 1 is 1.36 bits per heavy atom. The van der Waals surface area contributed by atoms with E-state index in [9.17, 15) is 0 Å². The molecule has 2 rings (SSSR count). The van der Waals surface area contributed by atoms with Gasteiger partial charge >= 0.3 is 0 Å². The zero-order chi connectivity index (χ0) is 7.84. The fourth-order valence-corrected chi connectivity index (χ4v) is 1.12. The van der Waals surface area contributed by atoms with Crippen LogP contribution >= 0.6 is 23.2 Å². The Morgan fingerprint density at radius 2 is 2.18 bits per heavy atom. The van der Waals surface area contributed by atoms with Gasteiger partial charge in [0.15, 0.2) is 0 Å². The molecule has 0 aromatic carbocycles. The number of hydrogen-bond donors (Lipinski definition) is 0. The molecule has 0 fully saturated rings. The van der Waals surface area contributed by atoms with Gasteiger partial charge in [0.1, 0.15) is 5.52 Å². The van der Waals surface area contributed by atoms with E-state index >= 15 is 0 Å². The van der Waals surface area contributed by atoms with Crippen LogP contribution in [-0.4, -0.2) is 9.97 Å². The number of fused-ring (bicyclic) bond motifs is 1. The normalized spacial score (nSPS) is 10.7. The molecule has 2 heterocycles. The van der Waals surface area contributed by atoms with E-state index < -0.39 is 0 Å². The number of oxazole rings is 1. The van der Waals surface area contributed by atoms with Crippen LogP contribution in [0.25, 0.3) is 11.2 Å². The average Bonchev–Trinajstić information content (AvgIpc) is 2.31. The maximum absolute atomic E-state index is 5.75. The highest BCUT2D eigenvalue weighted by Gasteiger charge is 2.06. The van der Waals surface area contributed by atoms with Gasteiger partial charge in [-0.3, -0.25) is 0 Å². The standard InChI is InChI=1S/C6H2Cl2N2O/c7-3-1-2-9-5-4(3)10-6(8)11-5/h1-2H. The van der Waals surface area contributed by atoms with E-state index in [0.717, 1.165) is 0 Å². The summed E-state index contributed by atoms with van der Waals surface area (Å²) in [6.07, 6.45) is 1.53. The molecule has 0 amide bonds. The third-order valence-corrected chi connectivity index (χ3v) is 1.69. The van der Waals surface area contributed by atoms with Crippen LogP contribution in [0.3, 0.4) is 0 Å². The van der Waals surface area contributed by atoms with Crippen molar-refractivity contribution in [1.82, 2.24) is 9.97 Å². The van der Waals surface area contributed by atoms with E-state index in [-0.39, 0.29) is 5.35 Å². The minimum Gasteiger partial charge on any atom is -0.408 e. The summed E-state index contributed by atoms with van der Waals surface area (Å²) in [5, 5.41) is 0.547. The Morgan fingerprint density at radius 3 is 2.91 bits per heavy atom. The Bertz CT molecular complexity index is 398. The van der Waals surface area contributed by atoms with Crippen LogP contribution < -0.4 is 0 Å². The molecule has 0 spiro atoms. The van der Waals surface area contributed by atoms with Gasteiger partial charge in [0.25, 0.3) is 5.35 Å². The van der Waals surface area contributed by atoms with Crippen LogP contribution in [0.15, 0.2) is 16.7 Å². The molecule has 2 aromatic rings. The maximum atomic E-state index is 5.75. The van der Waals surface area contributed by atoms with E-state index in [4.69, 9.17) is 27.6 Å². The van der Waals surface area contributed by atoms with Crippen molar-refractivity contribution in [2.75, 3.05) is 0 Å². The second-order valence-corrected chi connectivity index (χ2v) is 2.64.